The van der Waals surface area contributed by atoms with E-state index >= 15 is 0 Å². The highest BCUT2D eigenvalue weighted by Crippen LogP contribution is 2.18. The van der Waals surface area contributed by atoms with Gasteiger partial charge in [0.1, 0.15) is 5.82 Å². The Bertz CT molecular complexity index is 648. The number of benzene rings is 1. The van der Waals surface area contributed by atoms with Gasteiger partial charge in [-0.2, -0.15) is 0 Å². The topological polar surface area (TPSA) is 87.1 Å². The fraction of sp³-hybridized carbons (Fsp3) is 0.353. The summed E-state index contributed by atoms with van der Waals surface area (Å²) in [5.74, 6) is 0.453. The van der Waals surface area contributed by atoms with E-state index in [4.69, 9.17) is 5.11 Å². The highest BCUT2D eigenvalue weighted by atomic mass is 16.3. The second-order valence-corrected chi connectivity index (χ2v) is 5.64. The first kappa shape index (κ1) is 16.9. The van der Waals surface area contributed by atoms with E-state index < -0.39 is 5.54 Å². The maximum atomic E-state index is 12.5. The van der Waals surface area contributed by atoms with Crippen LogP contribution in [0.3, 0.4) is 0 Å². The van der Waals surface area contributed by atoms with Crippen LogP contribution in [0.2, 0.25) is 0 Å². The maximum absolute atomic E-state index is 12.5. The zero-order valence-electron chi connectivity index (χ0n) is 13.4. The number of amides is 1. The van der Waals surface area contributed by atoms with Crippen LogP contribution in [0.25, 0.3) is 0 Å². The molecule has 1 aromatic carbocycles. The van der Waals surface area contributed by atoms with Crippen molar-refractivity contribution in [2.45, 2.75) is 32.2 Å². The van der Waals surface area contributed by atoms with Crippen LogP contribution >= 0.6 is 0 Å². The van der Waals surface area contributed by atoms with Crippen molar-refractivity contribution >= 4 is 17.4 Å². The summed E-state index contributed by atoms with van der Waals surface area (Å²) in [6, 6.07) is 7.19. The molecule has 0 aliphatic rings. The van der Waals surface area contributed by atoms with E-state index in [9.17, 15) is 4.79 Å². The fourth-order valence-corrected chi connectivity index (χ4v) is 2.17. The molecule has 2 rings (SSSR count). The third-order valence-electron chi connectivity index (χ3n) is 3.82. The van der Waals surface area contributed by atoms with Crippen molar-refractivity contribution in [3.63, 3.8) is 0 Å². The minimum Gasteiger partial charge on any atom is -0.396 e. The molecule has 0 aliphatic carbocycles. The van der Waals surface area contributed by atoms with Gasteiger partial charge in [0.25, 0.3) is 5.91 Å². The Morgan fingerprint density at radius 3 is 2.83 bits per heavy atom. The lowest BCUT2D eigenvalue weighted by Crippen LogP contribution is -2.46. The van der Waals surface area contributed by atoms with Crippen LogP contribution in [0, 0.1) is 0 Å². The molecule has 6 nitrogen and oxygen atoms in total. The second-order valence-electron chi connectivity index (χ2n) is 5.64. The molecular weight excluding hydrogens is 292 g/mol. The molecule has 1 unspecified atom stereocenters. The van der Waals surface area contributed by atoms with Crippen molar-refractivity contribution in [1.29, 1.82) is 0 Å². The molecule has 1 amide bonds. The van der Waals surface area contributed by atoms with Gasteiger partial charge in [-0.15, -0.1) is 0 Å². The Kier molecular flexibility index (Phi) is 5.65. The van der Waals surface area contributed by atoms with Gasteiger partial charge in [-0.05, 0) is 38.0 Å². The molecule has 122 valence electrons. The minimum atomic E-state index is -0.416. The molecule has 1 heterocycles. The highest BCUT2D eigenvalue weighted by molar-refractivity contribution is 5.95. The van der Waals surface area contributed by atoms with E-state index in [0.29, 0.717) is 17.8 Å². The van der Waals surface area contributed by atoms with Gasteiger partial charge in [0, 0.05) is 35.8 Å². The highest BCUT2D eigenvalue weighted by Gasteiger charge is 2.24. The van der Waals surface area contributed by atoms with E-state index in [-0.39, 0.29) is 12.5 Å². The first-order chi connectivity index (χ1) is 11.1. The van der Waals surface area contributed by atoms with Gasteiger partial charge in [0.15, 0.2) is 0 Å². The van der Waals surface area contributed by atoms with Gasteiger partial charge in [-0.25, -0.2) is 4.98 Å². The van der Waals surface area contributed by atoms with Crippen molar-refractivity contribution in [1.82, 2.24) is 15.3 Å². The summed E-state index contributed by atoms with van der Waals surface area (Å²) in [7, 11) is 0. The third-order valence-corrected chi connectivity index (χ3v) is 3.82. The zero-order valence-corrected chi connectivity index (χ0v) is 13.4. The number of hydrogen-bond donors (Lipinski definition) is 3. The van der Waals surface area contributed by atoms with Gasteiger partial charge in [-0.3, -0.25) is 9.78 Å². The van der Waals surface area contributed by atoms with E-state index in [0.717, 1.165) is 12.1 Å². The molecule has 1 aromatic heterocycles. The first-order valence-electron chi connectivity index (χ1n) is 7.63. The molecule has 2 aromatic rings. The van der Waals surface area contributed by atoms with Crippen LogP contribution in [-0.2, 0) is 0 Å². The summed E-state index contributed by atoms with van der Waals surface area (Å²) < 4.78 is 0. The van der Waals surface area contributed by atoms with E-state index in [1.807, 2.05) is 26.0 Å². The predicted octanol–water partition coefficient (Wildman–Crippen LogP) is 2.50. The number of aromatic nitrogens is 2. The largest absolute Gasteiger partial charge is 0.396 e. The number of carbonyl (C=O) groups is 1. The molecule has 0 bridgehead atoms. The van der Waals surface area contributed by atoms with Crippen LogP contribution < -0.4 is 10.6 Å². The molecule has 0 aliphatic heterocycles. The Hall–Kier alpha value is -2.47. The average Bonchev–Trinajstić information content (AvgIpc) is 2.56. The molecule has 23 heavy (non-hydrogen) atoms. The Morgan fingerprint density at radius 1 is 1.35 bits per heavy atom. The first-order valence-corrected chi connectivity index (χ1v) is 7.63. The van der Waals surface area contributed by atoms with Gasteiger partial charge < -0.3 is 15.7 Å². The second kappa shape index (κ2) is 7.69. The lowest BCUT2D eigenvalue weighted by Gasteiger charge is -2.29. The van der Waals surface area contributed by atoms with E-state index in [1.165, 1.54) is 0 Å². The van der Waals surface area contributed by atoms with Gasteiger partial charge in [0.05, 0.1) is 6.20 Å². The minimum absolute atomic E-state index is 0.0406. The number of nitrogens with one attached hydrogen (secondary N) is 2. The van der Waals surface area contributed by atoms with Crippen molar-refractivity contribution in [3.8, 4) is 0 Å². The monoisotopic (exact) mass is 314 g/mol. The Balaban J connectivity index is 2.11. The summed E-state index contributed by atoms with van der Waals surface area (Å²) in [4.78, 5) is 20.6. The normalized spacial score (nSPS) is 13.2. The van der Waals surface area contributed by atoms with Gasteiger partial charge in [-0.1, -0.05) is 13.0 Å². The van der Waals surface area contributed by atoms with E-state index in [2.05, 4.69) is 20.6 Å². The summed E-state index contributed by atoms with van der Waals surface area (Å²) in [5, 5.41) is 15.3. The molecule has 0 radical (unpaired) electrons. The van der Waals surface area contributed by atoms with Crippen LogP contribution in [0.15, 0.2) is 42.9 Å². The van der Waals surface area contributed by atoms with E-state index in [1.54, 1.807) is 30.7 Å². The SMILES string of the molecule is CCC(C)(CCO)NC(=O)c1cccc(Nc2cnccn2)c1. The van der Waals surface area contributed by atoms with Crippen LogP contribution in [0.1, 0.15) is 37.0 Å². The van der Waals surface area contributed by atoms with Crippen molar-refractivity contribution in [2.24, 2.45) is 0 Å². The van der Waals surface area contributed by atoms with Crippen LogP contribution in [-0.4, -0.2) is 33.1 Å². The van der Waals surface area contributed by atoms with Gasteiger partial charge >= 0.3 is 0 Å². The summed E-state index contributed by atoms with van der Waals surface area (Å²) in [6.45, 7) is 3.96. The summed E-state index contributed by atoms with van der Waals surface area (Å²) in [5.41, 5.74) is 0.898. The number of aliphatic hydroxyl groups is 1. The number of anilines is 2. The third kappa shape index (κ3) is 4.75. The Morgan fingerprint density at radius 2 is 2.17 bits per heavy atom. The number of hydrogen-bond acceptors (Lipinski definition) is 5. The molecule has 0 spiro atoms. The summed E-state index contributed by atoms with van der Waals surface area (Å²) >= 11 is 0. The van der Waals surface area contributed by atoms with Crippen molar-refractivity contribution < 1.29 is 9.90 Å². The van der Waals surface area contributed by atoms with Crippen molar-refractivity contribution in [3.05, 3.63) is 48.4 Å². The molecule has 0 saturated carbocycles. The van der Waals surface area contributed by atoms with Crippen LogP contribution in [0.4, 0.5) is 11.5 Å². The van der Waals surface area contributed by atoms with Crippen LogP contribution in [0.5, 0.6) is 0 Å². The lowest BCUT2D eigenvalue weighted by molar-refractivity contribution is 0.0886. The standard InChI is InChI=1S/C17H22N4O2/c1-3-17(2,7-10-22)21-16(23)13-5-4-6-14(11-13)20-15-12-18-8-9-19-15/h4-6,8-9,11-12,22H,3,7,10H2,1-2H3,(H,19,20)(H,21,23). The van der Waals surface area contributed by atoms with Gasteiger partial charge in [0.2, 0.25) is 0 Å². The quantitative estimate of drug-likeness (QED) is 0.731. The number of nitrogens with zero attached hydrogens (tertiary/aromatic N) is 2. The molecule has 0 saturated heterocycles. The summed E-state index contributed by atoms with van der Waals surface area (Å²) in [6.07, 6.45) is 6.08. The van der Waals surface area contributed by atoms with Crippen molar-refractivity contribution in [2.75, 3.05) is 11.9 Å². The zero-order chi connectivity index (χ0) is 16.7. The Labute approximate surface area is 136 Å². The molecule has 0 fully saturated rings. The maximum Gasteiger partial charge on any atom is 0.251 e. The molecular formula is C17H22N4O2. The number of rotatable bonds is 7. The molecule has 6 heteroatoms. The number of aliphatic hydroxyl groups excluding tert-OH is 1. The predicted molar refractivity (Wildman–Crippen MR) is 89.6 cm³/mol. The number of carbonyl (C=O) groups excluding carboxylic acids is 1. The average molecular weight is 314 g/mol. The lowest BCUT2D eigenvalue weighted by atomic mass is 9.94. The fourth-order valence-electron chi connectivity index (χ4n) is 2.17. The molecule has 3 N–H and O–H groups in total. The smallest absolute Gasteiger partial charge is 0.251 e. The molecule has 1 atom stereocenters.